The third kappa shape index (κ3) is 3.26. The van der Waals surface area contributed by atoms with E-state index < -0.39 is 0 Å². The summed E-state index contributed by atoms with van der Waals surface area (Å²) in [5.41, 5.74) is 8.03. The second-order valence-corrected chi connectivity index (χ2v) is 7.16. The van der Waals surface area contributed by atoms with Gasteiger partial charge < -0.3 is 27.0 Å². The first-order valence-corrected chi connectivity index (χ1v) is 9.03. The van der Waals surface area contributed by atoms with Gasteiger partial charge in [-0.15, -0.1) is 0 Å². The van der Waals surface area contributed by atoms with E-state index in [-0.39, 0.29) is 36.4 Å². The zero-order valence-corrected chi connectivity index (χ0v) is 14.5. The predicted octanol–water partition coefficient (Wildman–Crippen LogP) is 1.41. The number of allylic oxidation sites excluding steroid dienone is 2. The van der Waals surface area contributed by atoms with Crippen molar-refractivity contribution >= 4 is 17.4 Å². The van der Waals surface area contributed by atoms with Crippen LogP contribution in [0.25, 0.3) is 0 Å². The van der Waals surface area contributed by atoms with Crippen molar-refractivity contribution in [2.24, 2.45) is 10.7 Å². The number of aliphatic imine (C=N–C) groups is 1. The van der Waals surface area contributed by atoms with E-state index in [2.05, 4.69) is 26.3 Å². The highest BCUT2D eigenvalue weighted by atomic mass is 35.5. The number of nitrogens with two attached hydrogens (primary N) is 1. The molecule has 134 valence electrons. The minimum atomic E-state index is -0.293. The molecule has 1 aliphatic carbocycles. The third-order valence-electron chi connectivity index (χ3n) is 4.99. The Balaban J connectivity index is 1.56. The lowest BCUT2D eigenvalue weighted by Crippen LogP contribution is -2.47. The molecule has 4 aliphatic rings. The van der Waals surface area contributed by atoms with E-state index in [9.17, 15) is 4.39 Å². The molecule has 0 spiro atoms. The van der Waals surface area contributed by atoms with Crippen LogP contribution in [0.4, 0.5) is 4.39 Å². The molecule has 0 bridgehead atoms. The monoisotopic (exact) mass is 364 g/mol. The van der Waals surface area contributed by atoms with Crippen LogP contribution in [0.3, 0.4) is 0 Å². The highest BCUT2D eigenvalue weighted by molar-refractivity contribution is 6.31. The van der Waals surface area contributed by atoms with Crippen LogP contribution in [0, 0.1) is 0 Å². The number of halogens is 2. The van der Waals surface area contributed by atoms with Crippen LogP contribution in [0.2, 0.25) is 0 Å². The van der Waals surface area contributed by atoms with Crippen molar-refractivity contribution in [2.75, 3.05) is 6.54 Å². The number of dihydropyridines is 1. The van der Waals surface area contributed by atoms with Crippen molar-refractivity contribution in [3.63, 3.8) is 0 Å². The fourth-order valence-electron chi connectivity index (χ4n) is 3.59. The minimum Gasteiger partial charge on any atom is -0.367 e. The molecule has 0 saturated heterocycles. The highest BCUT2D eigenvalue weighted by Crippen LogP contribution is 2.27. The summed E-state index contributed by atoms with van der Waals surface area (Å²) in [5.74, 6) is 0.618. The van der Waals surface area contributed by atoms with Gasteiger partial charge in [0.15, 0.2) is 11.6 Å². The number of fused-ring (bicyclic) bond motifs is 1. The topological polar surface area (TPSA) is 86.5 Å². The van der Waals surface area contributed by atoms with E-state index in [1.54, 1.807) is 6.20 Å². The van der Waals surface area contributed by atoms with E-state index in [1.807, 2.05) is 12.3 Å². The molecule has 0 radical (unpaired) electrons. The van der Waals surface area contributed by atoms with Crippen molar-refractivity contribution in [3.05, 3.63) is 46.3 Å². The molecule has 6 N–H and O–H groups in total. The molecule has 3 heterocycles. The maximum atomic E-state index is 14.3. The molecular weight excluding hydrogens is 343 g/mol. The van der Waals surface area contributed by atoms with Gasteiger partial charge in [0.05, 0.1) is 11.6 Å². The van der Waals surface area contributed by atoms with Crippen molar-refractivity contribution in [3.8, 4) is 0 Å². The van der Waals surface area contributed by atoms with Gasteiger partial charge in [-0.25, -0.2) is 9.38 Å². The summed E-state index contributed by atoms with van der Waals surface area (Å²) in [6.07, 6.45) is 9.60. The Morgan fingerprint density at radius 3 is 2.88 bits per heavy atom. The molecule has 3 aliphatic heterocycles. The number of nitrogens with zero attached hydrogens (tertiary/aromatic N) is 1. The van der Waals surface area contributed by atoms with Crippen LogP contribution < -0.4 is 27.0 Å². The summed E-state index contributed by atoms with van der Waals surface area (Å²) < 4.78 is 14.3. The van der Waals surface area contributed by atoms with Crippen LogP contribution in [0.15, 0.2) is 51.3 Å². The number of nitrogens with one attached hydrogen (secondary N) is 4. The van der Waals surface area contributed by atoms with E-state index in [1.165, 1.54) is 0 Å². The van der Waals surface area contributed by atoms with E-state index in [0.717, 1.165) is 36.8 Å². The number of hydrogen-bond donors (Lipinski definition) is 5. The Morgan fingerprint density at radius 2 is 2.04 bits per heavy atom. The second kappa shape index (κ2) is 6.72. The Bertz CT molecular complexity index is 723. The minimum absolute atomic E-state index is 0.0357. The van der Waals surface area contributed by atoms with Gasteiger partial charge in [-0.2, -0.15) is 0 Å². The fraction of sp³-hybridized carbons (Fsp3) is 0.471. The number of amidine groups is 1. The molecule has 25 heavy (non-hydrogen) atoms. The maximum Gasteiger partial charge on any atom is 0.162 e. The van der Waals surface area contributed by atoms with Gasteiger partial charge in [-0.3, -0.25) is 0 Å². The average Bonchev–Trinajstić information content (AvgIpc) is 3.02. The van der Waals surface area contributed by atoms with Crippen molar-refractivity contribution in [2.45, 2.75) is 43.9 Å². The first-order valence-electron chi connectivity index (χ1n) is 8.65. The molecule has 3 atom stereocenters. The summed E-state index contributed by atoms with van der Waals surface area (Å²) in [7, 11) is 0. The molecular formula is C17H22ClFN6. The molecule has 6 nitrogen and oxygen atoms in total. The lowest BCUT2D eigenvalue weighted by Gasteiger charge is -2.31. The van der Waals surface area contributed by atoms with Gasteiger partial charge >= 0.3 is 0 Å². The van der Waals surface area contributed by atoms with Gasteiger partial charge in [0.2, 0.25) is 0 Å². The van der Waals surface area contributed by atoms with Crippen LogP contribution in [0.5, 0.6) is 0 Å². The van der Waals surface area contributed by atoms with Gasteiger partial charge in [0, 0.05) is 35.6 Å². The fourth-order valence-corrected chi connectivity index (χ4v) is 3.77. The Kier molecular flexibility index (Phi) is 4.43. The largest absolute Gasteiger partial charge is 0.367 e. The molecule has 1 unspecified atom stereocenters. The summed E-state index contributed by atoms with van der Waals surface area (Å²) in [6.45, 7) is 0.107. The molecule has 0 aromatic rings. The Labute approximate surface area is 151 Å². The van der Waals surface area contributed by atoms with Crippen LogP contribution >= 0.6 is 11.6 Å². The van der Waals surface area contributed by atoms with Gasteiger partial charge in [0.25, 0.3) is 0 Å². The summed E-state index contributed by atoms with van der Waals surface area (Å²) in [6, 6.07) is 0.0995. The molecule has 0 amide bonds. The van der Waals surface area contributed by atoms with Gasteiger partial charge in [0.1, 0.15) is 12.0 Å². The third-order valence-corrected chi connectivity index (χ3v) is 5.20. The van der Waals surface area contributed by atoms with Gasteiger partial charge in [-0.05, 0) is 18.9 Å². The molecule has 1 saturated carbocycles. The average molecular weight is 365 g/mol. The van der Waals surface area contributed by atoms with Crippen molar-refractivity contribution in [1.29, 1.82) is 0 Å². The molecule has 8 heteroatoms. The van der Waals surface area contributed by atoms with Crippen LogP contribution in [0.1, 0.15) is 25.7 Å². The van der Waals surface area contributed by atoms with Gasteiger partial charge in [-0.1, -0.05) is 24.4 Å². The zero-order valence-electron chi connectivity index (χ0n) is 13.8. The summed E-state index contributed by atoms with van der Waals surface area (Å²) in [5, 5.41) is 13.3. The Morgan fingerprint density at radius 1 is 1.24 bits per heavy atom. The summed E-state index contributed by atoms with van der Waals surface area (Å²) in [4.78, 5) is 4.49. The maximum absolute atomic E-state index is 14.3. The normalized spacial score (nSPS) is 31.6. The molecule has 4 rings (SSSR count). The van der Waals surface area contributed by atoms with Crippen LogP contribution in [-0.2, 0) is 0 Å². The second-order valence-electron chi connectivity index (χ2n) is 6.72. The van der Waals surface area contributed by atoms with Crippen LogP contribution in [-0.4, -0.2) is 30.6 Å². The van der Waals surface area contributed by atoms with Crippen molar-refractivity contribution in [1.82, 2.24) is 21.3 Å². The van der Waals surface area contributed by atoms with E-state index in [4.69, 9.17) is 17.3 Å². The summed E-state index contributed by atoms with van der Waals surface area (Å²) >= 11 is 6.10. The predicted molar refractivity (Wildman–Crippen MR) is 97.1 cm³/mol. The molecule has 0 aromatic heterocycles. The first kappa shape index (κ1) is 16.5. The number of rotatable bonds is 3. The Hall–Kier alpha value is -1.99. The molecule has 0 aromatic carbocycles. The standard InChI is InChI=1S/C17H22ClFN6/c18-9-5-10-11(7-22-15(10)21-6-9)16-23-8-12(19)17(25-16)24-14-4-2-1-3-13(14)20/h5-7,13-15,21-22,24H,1-4,8,20H2,(H,23,25)/t13-,14-,15?/m0/s1. The lowest BCUT2D eigenvalue weighted by molar-refractivity contribution is 0.341. The van der Waals surface area contributed by atoms with E-state index in [0.29, 0.717) is 10.9 Å². The highest BCUT2D eigenvalue weighted by Gasteiger charge is 2.30. The lowest BCUT2D eigenvalue weighted by atomic mass is 9.91. The number of hydrogen-bond acceptors (Lipinski definition) is 6. The first-order chi connectivity index (χ1) is 12.1. The zero-order chi connectivity index (χ0) is 17.4. The SMILES string of the molecule is N[C@H]1CCCC[C@@H]1NC1=C(F)CNC(C2=CNC3NC=C(Cl)C=C23)=N1. The van der Waals surface area contributed by atoms with Crippen molar-refractivity contribution < 1.29 is 4.39 Å². The molecule has 1 fully saturated rings. The quantitative estimate of drug-likeness (QED) is 0.523. The van der Waals surface area contributed by atoms with E-state index >= 15 is 0 Å². The smallest absolute Gasteiger partial charge is 0.162 e.